The molecule has 2 amide bonds. The maximum atomic E-state index is 12.0. The van der Waals surface area contributed by atoms with Crippen LogP contribution in [0.3, 0.4) is 0 Å². The summed E-state index contributed by atoms with van der Waals surface area (Å²) in [5.41, 5.74) is 12.4. The van der Waals surface area contributed by atoms with Crippen LogP contribution in [0.2, 0.25) is 15.5 Å². The standard InChI is InChI=1S/C19H20ClN5O2S.C15H18N2O2S.C4H3Cl2N3.CH4/c20-16-11-17(24-19(21)23-16)25(12-15-7-4-10-28-15)8-9-27-13-18(26)22-14-5-2-1-3-6-14;18-15(17-13-5-2-1-3-6-13)12-19-9-8-16-11-14-7-4-10-20-14;5-2-1-3(6)9-4(7)8-2;/h1-7,10-11H,8-9,12-13H2,(H,22,26)(H2,21,23,24);1-7,10,16H,8-9,11-12H2,(H,17,18);1H,(H2,7,8,9);1H4. The van der Waals surface area contributed by atoms with Crippen LogP contribution in [0.25, 0.3) is 0 Å². The third-order valence-corrected chi connectivity index (χ3v) is 9.34. The molecule has 4 heterocycles. The second-order valence-corrected chi connectivity index (χ2v) is 14.7. The third-order valence-electron chi connectivity index (χ3n) is 7.02. The van der Waals surface area contributed by atoms with E-state index >= 15 is 0 Å². The van der Waals surface area contributed by atoms with Crippen LogP contribution in [0, 0.1) is 0 Å². The highest BCUT2D eigenvalue weighted by molar-refractivity contribution is 7.10. The minimum absolute atomic E-state index is 0. The molecule has 2 aromatic carbocycles. The Labute approximate surface area is 360 Å². The third kappa shape index (κ3) is 19.5. The number of benzene rings is 2. The van der Waals surface area contributed by atoms with Gasteiger partial charge in [-0.1, -0.05) is 90.8 Å². The average Bonchev–Trinajstić information content (AvgIpc) is 3.90. The summed E-state index contributed by atoms with van der Waals surface area (Å²) in [4.78, 5) is 43.3. The zero-order valence-electron chi connectivity index (χ0n) is 30.5. The Morgan fingerprint density at radius 2 is 1.16 bits per heavy atom. The van der Waals surface area contributed by atoms with Crippen LogP contribution in [-0.2, 0) is 32.2 Å². The van der Waals surface area contributed by atoms with E-state index in [1.54, 1.807) is 28.7 Å². The van der Waals surface area contributed by atoms with E-state index < -0.39 is 0 Å². The molecule has 308 valence electrons. The van der Waals surface area contributed by atoms with Crippen LogP contribution >= 0.6 is 57.5 Å². The number of anilines is 5. The number of halogens is 3. The Bertz CT molecular complexity index is 1980. The van der Waals surface area contributed by atoms with E-state index in [9.17, 15) is 9.59 Å². The van der Waals surface area contributed by atoms with Crippen LogP contribution in [0.1, 0.15) is 17.2 Å². The first kappa shape index (κ1) is 47.5. The van der Waals surface area contributed by atoms with Crippen LogP contribution in [0.15, 0.2) is 108 Å². The molecule has 0 spiro atoms. The average molecular weight is 888 g/mol. The molecule has 4 aromatic heterocycles. The molecule has 6 rings (SSSR count). The number of para-hydroxylation sites is 2. The van der Waals surface area contributed by atoms with E-state index in [0.29, 0.717) is 32.1 Å². The fourth-order valence-corrected chi connectivity index (χ4v) is 6.58. The van der Waals surface area contributed by atoms with Crippen molar-refractivity contribution in [2.45, 2.75) is 20.5 Å². The molecule has 0 aliphatic carbocycles. The van der Waals surface area contributed by atoms with Gasteiger partial charge in [-0.15, -0.1) is 22.7 Å². The molecule has 0 radical (unpaired) electrons. The zero-order chi connectivity index (χ0) is 40.7. The number of rotatable bonds is 17. The van der Waals surface area contributed by atoms with Gasteiger partial charge in [0, 0.05) is 52.9 Å². The van der Waals surface area contributed by atoms with E-state index in [1.165, 1.54) is 10.9 Å². The summed E-state index contributed by atoms with van der Waals surface area (Å²) in [6, 6.07) is 29.8. The lowest BCUT2D eigenvalue weighted by Crippen LogP contribution is -2.29. The van der Waals surface area contributed by atoms with Gasteiger partial charge >= 0.3 is 0 Å². The van der Waals surface area contributed by atoms with Gasteiger partial charge in [-0.25, -0.2) is 15.0 Å². The van der Waals surface area contributed by atoms with Gasteiger partial charge in [0.1, 0.15) is 34.5 Å². The lowest BCUT2D eigenvalue weighted by atomic mass is 10.3. The summed E-state index contributed by atoms with van der Waals surface area (Å²) in [6.45, 7) is 3.63. The second kappa shape index (κ2) is 26.9. The lowest BCUT2D eigenvalue weighted by Gasteiger charge is -2.23. The smallest absolute Gasteiger partial charge is 0.250 e. The van der Waals surface area contributed by atoms with Crippen molar-refractivity contribution < 1.29 is 19.1 Å². The van der Waals surface area contributed by atoms with Crippen molar-refractivity contribution >= 4 is 98.4 Å². The van der Waals surface area contributed by atoms with Gasteiger partial charge < -0.3 is 41.8 Å². The monoisotopic (exact) mass is 886 g/mol. The quantitative estimate of drug-likeness (QED) is 0.0439. The molecule has 0 aliphatic rings. The molecular formula is C39H45Cl3N10O4S2. The highest BCUT2D eigenvalue weighted by Crippen LogP contribution is 2.21. The Balaban J connectivity index is 0.000000260. The number of thiophene rings is 2. The maximum absolute atomic E-state index is 12.0. The van der Waals surface area contributed by atoms with E-state index in [1.807, 2.05) is 89.1 Å². The molecule has 0 fully saturated rings. The largest absolute Gasteiger partial charge is 0.370 e. The summed E-state index contributed by atoms with van der Waals surface area (Å²) in [6.07, 6.45) is 0. The molecule has 0 aliphatic heterocycles. The number of amides is 2. The first-order valence-corrected chi connectivity index (χ1v) is 20.1. The maximum Gasteiger partial charge on any atom is 0.250 e. The number of carbonyl (C=O) groups is 2. The number of ether oxygens (including phenoxy) is 2. The van der Waals surface area contributed by atoms with Crippen LogP contribution in [0.4, 0.5) is 29.1 Å². The van der Waals surface area contributed by atoms with E-state index in [2.05, 4.69) is 47.3 Å². The molecule has 0 unspecified atom stereocenters. The first-order chi connectivity index (χ1) is 27.6. The number of hydrogen-bond acceptors (Lipinski definition) is 14. The Kier molecular flexibility index (Phi) is 22.0. The van der Waals surface area contributed by atoms with E-state index in [0.717, 1.165) is 29.3 Å². The van der Waals surface area contributed by atoms with Crippen molar-refractivity contribution in [1.82, 2.24) is 25.3 Å². The lowest BCUT2D eigenvalue weighted by molar-refractivity contribution is -0.121. The predicted molar refractivity (Wildman–Crippen MR) is 238 cm³/mol. The fraction of sp³-hybridized carbons (Fsp3) is 0.231. The molecule has 0 atom stereocenters. The minimum Gasteiger partial charge on any atom is -0.370 e. The summed E-state index contributed by atoms with van der Waals surface area (Å²) < 4.78 is 10.9. The van der Waals surface area contributed by atoms with E-state index in [4.69, 9.17) is 55.7 Å². The molecule has 7 N–H and O–H groups in total. The molecule has 58 heavy (non-hydrogen) atoms. The van der Waals surface area contributed by atoms with Gasteiger partial charge in [0.05, 0.1) is 19.8 Å². The normalized spacial score (nSPS) is 10.2. The molecule has 14 nitrogen and oxygen atoms in total. The second-order valence-electron chi connectivity index (χ2n) is 11.5. The highest BCUT2D eigenvalue weighted by Gasteiger charge is 2.13. The summed E-state index contributed by atoms with van der Waals surface area (Å²) in [5.74, 6) is 0.484. The molecule has 0 saturated heterocycles. The topological polar surface area (TPSA) is 196 Å². The van der Waals surface area contributed by atoms with Crippen LogP contribution in [-0.4, -0.2) is 71.3 Å². The van der Waals surface area contributed by atoms with Gasteiger partial charge in [-0.2, -0.15) is 4.98 Å². The van der Waals surface area contributed by atoms with Crippen molar-refractivity contribution in [2.24, 2.45) is 0 Å². The van der Waals surface area contributed by atoms with Gasteiger partial charge in [-0.05, 0) is 47.2 Å². The van der Waals surface area contributed by atoms with Gasteiger partial charge in [0.2, 0.25) is 23.7 Å². The van der Waals surface area contributed by atoms with Gasteiger partial charge in [-0.3, -0.25) is 9.59 Å². The Morgan fingerprint density at radius 1 is 0.655 bits per heavy atom. The molecule has 6 aromatic rings. The van der Waals surface area contributed by atoms with Gasteiger partial charge in [0.25, 0.3) is 0 Å². The Morgan fingerprint density at radius 3 is 1.66 bits per heavy atom. The number of nitrogens with zero attached hydrogens (tertiary/aromatic N) is 5. The fourth-order valence-electron chi connectivity index (χ4n) is 4.57. The van der Waals surface area contributed by atoms with Crippen molar-refractivity contribution in [2.75, 3.05) is 66.5 Å². The SMILES string of the molecule is C.Nc1nc(Cl)cc(Cl)n1.Nc1nc(Cl)cc(N(CCOCC(=O)Nc2ccccc2)Cc2cccs2)n1.O=C(COCCNCc1cccs1)Nc1ccccc1. The molecule has 0 bridgehead atoms. The van der Waals surface area contributed by atoms with Crippen LogP contribution in [0.5, 0.6) is 0 Å². The van der Waals surface area contributed by atoms with Crippen molar-refractivity contribution in [3.05, 3.63) is 133 Å². The molecular weight excluding hydrogens is 843 g/mol. The summed E-state index contributed by atoms with van der Waals surface area (Å²) in [7, 11) is 0. The summed E-state index contributed by atoms with van der Waals surface area (Å²) >= 11 is 20.3. The van der Waals surface area contributed by atoms with E-state index in [-0.39, 0.29) is 59.8 Å². The molecule has 19 heteroatoms. The minimum atomic E-state index is -0.203. The zero-order valence-corrected chi connectivity index (χ0v) is 34.4. The predicted octanol–water partition coefficient (Wildman–Crippen LogP) is 7.93. The van der Waals surface area contributed by atoms with Crippen molar-refractivity contribution in [1.29, 1.82) is 0 Å². The number of hydrogen-bond donors (Lipinski definition) is 5. The number of nitrogen functional groups attached to an aromatic ring is 2. The Hall–Kier alpha value is -4.91. The number of carbonyl (C=O) groups excluding carboxylic acids is 2. The van der Waals surface area contributed by atoms with Crippen molar-refractivity contribution in [3.63, 3.8) is 0 Å². The number of nitrogens with two attached hydrogens (primary N) is 2. The highest BCUT2D eigenvalue weighted by atomic mass is 35.5. The van der Waals surface area contributed by atoms with Crippen molar-refractivity contribution in [3.8, 4) is 0 Å². The molecule has 0 saturated carbocycles. The first-order valence-electron chi connectivity index (χ1n) is 17.2. The van der Waals surface area contributed by atoms with Crippen LogP contribution < -0.4 is 32.3 Å². The number of nitrogens with one attached hydrogen (secondary N) is 3. The van der Waals surface area contributed by atoms with Gasteiger partial charge in [0.15, 0.2) is 0 Å². The summed E-state index contributed by atoms with van der Waals surface area (Å²) in [5, 5.41) is 13.7. The number of aromatic nitrogens is 4.